The first kappa shape index (κ1) is 19.9. The number of nitrogens with zero attached hydrogens (tertiary/aromatic N) is 2. The SMILES string of the molecule is N#CC(NC(=O)c1cccc(S(=O)(=O)N2CCOCC2)c1)c1ccccc1F. The molecule has 1 aliphatic rings. The van der Waals surface area contributed by atoms with Crippen molar-refractivity contribution in [2.75, 3.05) is 26.3 Å². The quantitative estimate of drug-likeness (QED) is 0.821. The van der Waals surface area contributed by atoms with Gasteiger partial charge in [-0.25, -0.2) is 12.8 Å². The summed E-state index contributed by atoms with van der Waals surface area (Å²) in [6.07, 6.45) is 0. The van der Waals surface area contributed by atoms with Gasteiger partial charge in [-0.1, -0.05) is 24.3 Å². The summed E-state index contributed by atoms with van der Waals surface area (Å²) in [6, 6.07) is 11.8. The van der Waals surface area contributed by atoms with Gasteiger partial charge in [-0.05, 0) is 24.3 Å². The number of amides is 1. The van der Waals surface area contributed by atoms with Crippen molar-refractivity contribution in [2.24, 2.45) is 0 Å². The van der Waals surface area contributed by atoms with E-state index in [1.807, 2.05) is 6.07 Å². The zero-order valence-electron chi connectivity index (χ0n) is 14.8. The van der Waals surface area contributed by atoms with Crippen molar-refractivity contribution < 1.29 is 22.3 Å². The Hall–Kier alpha value is -2.80. The van der Waals surface area contributed by atoms with Crippen molar-refractivity contribution in [3.63, 3.8) is 0 Å². The second-order valence-electron chi connectivity index (χ2n) is 6.10. The van der Waals surface area contributed by atoms with Gasteiger partial charge in [0.15, 0.2) is 0 Å². The normalized spacial score (nSPS) is 16.1. The van der Waals surface area contributed by atoms with Crippen LogP contribution in [0.5, 0.6) is 0 Å². The lowest BCUT2D eigenvalue weighted by Crippen LogP contribution is -2.40. The molecule has 2 aromatic rings. The number of ether oxygens (including phenoxy) is 1. The molecule has 1 saturated heterocycles. The average molecular weight is 403 g/mol. The molecule has 1 N–H and O–H groups in total. The van der Waals surface area contributed by atoms with Crippen LogP contribution in [0.4, 0.5) is 4.39 Å². The minimum atomic E-state index is -3.76. The first-order valence-electron chi connectivity index (χ1n) is 8.56. The van der Waals surface area contributed by atoms with Crippen LogP contribution in [0.2, 0.25) is 0 Å². The fourth-order valence-electron chi connectivity index (χ4n) is 2.84. The Morgan fingerprint density at radius 1 is 1.18 bits per heavy atom. The van der Waals surface area contributed by atoms with Crippen LogP contribution in [0, 0.1) is 17.1 Å². The maximum atomic E-state index is 13.9. The average Bonchev–Trinajstić information content (AvgIpc) is 2.73. The van der Waals surface area contributed by atoms with Gasteiger partial charge < -0.3 is 10.1 Å². The third kappa shape index (κ3) is 4.20. The molecule has 9 heteroatoms. The van der Waals surface area contributed by atoms with Crippen LogP contribution in [-0.4, -0.2) is 44.9 Å². The van der Waals surface area contributed by atoms with Gasteiger partial charge in [-0.15, -0.1) is 0 Å². The molecule has 2 aromatic carbocycles. The summed E-state index contributed by atoms with van der Waals surface area (Å²) in [4.78, 5) is 12.5. The molecule has 28 heavy (non-hydrogen) atoms. The van der Waals surface area contributed by atoms with Crippen LogP contribution >= 0.6 is 0 Å². The Morgan fingerprint density at radius 2 is 1.89 bits per heavy atom. The van der Waals surface area contributed by atoms with Crippen molar-refractivity contribution in [3.8, 4) is 6.07 Å². The highest BCUT2D eigenvalue weighted by atomic mass is 32.2. The number of nitriles is 1. The summed E-state index contributed by atoms with van der Waals surface area (Å²) in [5.74, 6) is -1.29. The van der Waals surface area contributed by atoms with Gasteiger partial charge in [0.25, 0.3) is 5.91 Å². The molecule has 1 fully saturated rings. The van der Waals surface area contributed by atoms with E-state index in [0.717, 1.165) is 0 Å². The van der Waals surface area contributed by atoms with E-state index >= 15 is 0 Å². The number of nitrogens with one attached hydrogen (secondary N) is 1. The molecule has 1 aliphatic heterocycles. The molecule has 0 bridgehead atoms. The van der Waals surface area contributed by atoms with E-state index in [0.29, 0.717) is 13.2 Å². The van der Waals surface area contributed by atoms with Crippen molar-refractivity contribution >= 4 is 15.9 Å². The maximum absolute atomic E-state index is 13.9. The molecule has 0 saturated carbocycles. The lowest BCUT2D eigenvalue weighted by atomic mass is 10.1. The number of sulfonamides is 1. The van der Waals surface area contributed by atoms with Gasteiger partial charge in [-0.2, -0.15) is 9.57 Å². The second-order valence-corrected chi connectivity index (χ2v) is 8.04. The lowest BCUT2D eigenvalue weighted by molar-refractivity contribution is 0.0730. The van der Waals surface area contributed by atoms with Crippen LogP contribution < -0.4 is 5.32 Å². The smallest absolute Gasteiger partial charge is 0.252 e. The van der Waals surface area contributed by atoms with Gasteiger partial charge in [-0.3, -0.25) is 4.79 Å². The van der Waals surface area contributed by atoms with Crippen LogP contribution in [0.3, 0.4) is 0 Å². The highest BCUT2D eigenvalue weighted by Gasteiger charge is 2.27. The standard InChI is InChI=1S/C19H18FN3O4S/c20-17-7-2-1-6-16(17)18(13-21)22-19(24)14-4-3-5-15(12-14)28(25,26)23-8-10-27-11-9-23/h1-7,12,18H,8-11H2,(H,22,24). The van der Waals surface area contributed by atoms with Gasteiger partial charge in [0.1, 0.15) is 11.9 Å². The molecule has 0 aromatic heterocycles. The molecule has 1 amide bonds. The van der Waals surface area contributed by atoms with Crippen LogP contribution in [0.15, 0.2) is 53.4 Å². The van der Waals surface area contributed by atoms with E-state index in [9.17, 15) is 22.9 Å². The lowest BCUT2D eigenvalue weighted by Gasteiger charge is -2.26. The van der Waals surface area contributed by atoms with Crippen LogP contribution in [0.25, 0.3) is 0 Å². The molecule has 0 radical (unpaired) electrons. The Bertz CT molecular complexity index is 1010. The number of hydrogen-bond donors (Lipinski definition) is 1. The number of carbonyl (C=O) groups excluding carboxylic acids is 1. The predicted molar refractivity (Wildman–Crippen MR) is 98.2 cm³/mol. The number of rotatable bonds is 5. The van der Waals surface area contributed by atoms with Gasteiger partial charge in [0.2, 0.25) is 10.0 Å². The topological polar surface area (TPSA) is 99.5 Å². The Labute approximate surface area is 162 Å². The van der Waals surface area contributed by atoms with Crippen molar-refractivity contribution in [1.82, 2.24) is 9.62 Å². The molecule has 0 aliphatic carbocycles. The Balaban J connectivity index is 1.82. The Kier molecular flexibility index (Phi) is 6.04. The summed E-state index contributed by atoms with van der Waals surface area (Å²) in [5.41, 5.74) is 0.0985. The number of halogens is 1. The van der Waals surface area contributed by atoms with Crippen molar-refractivity contribution in [2.45, 2.75) is 10.9 Å². The molecule has 1 unspecified atom stereocenters. The zero-order chi connectivity index (χ0) is 20.1. The first-order chi connectivity index (χ1) is 13.4. The fourth-order valence-corrected chi connectivity index (χ4v) is 4.29. The van der Waals surface area contributed by atoms with Gasteiger partial charge in [0.05, 0.1) is 24.2 Å². The second kappa shape index (κ2) is 8.48. The van der Waals surface area contributed by atoms with Crippen molar-refractivity contribution in [3.05, 3.63) is 65.5 Å². The van der Waals surface area contributed by atoms with E-state index in [1.165, 1.54) is 46.8 Å². The minimum absolute atomic E-state index is 0.0264. The molecular weight excluding hydrogens is 385 g/mol. The van der Waals surface area contributed by atoms with E-state index in [1.54, 1.807) is 6.07 Å². The zero-order valence-corrected chi connectivity index (χ0v) is 15.7. The summed E-state index contributed by atoms with van der Waals surface area (Å²) < 4.78 is 45.9. The van der Waals surface area contributed by atoms with E-state index in [4.69, 9.17) is 4.74 Å². The number of benzene rings is 2. The monoisotopic (exact) mass is 403 g/mol. The van der Waals surface area contributed by atoms with Crippen LogP contribution in [0.1, 0.15) is 22.0 Å². The Morgan fingerprint density at radius 3 is 2.57 bits per heavy atom. The molecular formula is C19H18FN3O4S. The largest absolute Gasteiger partial charge is 0.379 e. The number of carbonyl (C=O) groups is 1. The van der Waals surface area contributed by atoms with E-state index < -0.39 is 27.8 Å². The van der Waals surface area contributed by atoms with Gasteiger partial charge in [0, 0.05) is 24.2 Å². The fraction of sp³-hybridized carbons (Fsp3) is 0.263. The number of morpholine rings is 1. The van der Waals surface area contributed by atoms with Gasteiger partial charge >= 0.3 is 0 Å². The molecule has 1 atom stereocenters. The summed E-state index contributed by atoms with van der Waals surface area (Å²) in [7, 11) is -3.76. The van der Waals surface area contributed by atoms with E-state index in [2.05, 4.69) is 5.32 Å². The third-order valence-corrected chi connectivity index (χ3v) is 6.22. The summed E-state index contributed by atoms with van der Waals surface area (Å²) in [6.45, 7) is 1.10. The minimum Gasteiger partial charge on any atom is -0.379 e. The number of hydrogen-bond acceptors (Lipinski definition) is 5. The molecule has 1 heterocycles. The first-order valence-corrected chi connectivity index (χ1v) is 10.0. The van der Waals surface area contributed by atoms with Crippen LogP contribution in [-0.2, 0) is 14.8 Å². The summed E-state index contributed by atoms with van der Waals surface area (Å²) >= 11 is 0. The molecule has 3 rings (SSSR count). The molecule has 0 spiro atoms. The van der Waals surface area contributed by atoms with E-state index in [-0.39, 0.29) is 29.1 Å². The maximum Gasteiger partial charge on any atom is 0.252 e. The third-order valence-electron chi connectivity index (χ3n) is 4.32. The van der Waals surface area contributed by atoms with Crippen molar-refractivity contribution in [1.29, 1.82) is 5.26 Å². The molecule has 7 nitrogen and oxygen atoms in total. The summed E-state index contributed by atoms with van der Waals surface area (Å²) in [5, 5.41) is 11.7. The predicted octanol–water partition coefficient (Wildman–Crippen LogP) is 1.84. The highest BCUT2D eigenvalue weighted by Crippen LogP contribution is 2.20. The molecule has 146 valence electrons. The highest BCUT2D eigenvalue weighted by molar-refractivity contribution is 7.89.